The number of aliphatic hydroxyl groups is 1. The normalized spacial score (nSPS) is 13.8. The van der Waals surface area contributed by atoms with E-state index in [0.29, 0.717) is 10.6 Å². The Bertz CT molecular complexity index is 438. The maximum absolute atomic E-state index is 12.5. The molecule has 0 aliphatic carbocycles. The number of hydrogen-bond acceptors (Lipinski definition) is 4. The third-order valence-corrected chi connectivity index (χ3v) is 3.62. The quantitative estimate of drug-likeness (QED) is 0.626. The van der Waals surface area contributed by atoms with Crippen molar-refractivity contribution in [2.45, 2.75) is 37.1 Å². The highest BCUT2D eigenvalue weighted by Crippen LogP contribution is 2.34. The summed E-state index contributed by atoms with van der Waals surface area (Å²) in [6.07, 6.45) is -5.07. The zero-order valence-electron chi connectivity index (χ0n) is 11.3. The van der Waals surface area contributed by atoms with Crippen molar-refractivity contribution in [3.8, 4) is 0 Å². The maximum Gasteiger partial charge on any atom is 0.416 e. The number of benzene rings is 1. The monoisotopic (exact) mass is 309 g/mol. The van der Waals surface area contributed by atoms with Gasteiger partial charge in [-0.25, -0.2) is 0 Å². The molecule has 7 heteroatoms. The molecule has 3 nitrogen and oxygen atoms in total. The van der Waals surface area contributed by atoms with Gasteiger partial charge in [-0.15, -0.1) is 11.8 Å². The third-order valence-electron chi connectivity index (χ3n) is 2.39. The van der Waals surface area contributed by atoms with Crippen LogP contribution in [0.4, 0.5) is 18.9 Å². The second kappa shape index (κ2) is 7.19. The van der Waals surface area contributed by atoms with Crippen LogP contribution in [0.25, 0.3) is 0 Å². The number of nitrogens with two attached hydrogens (primary N) is 1. The number of ether oxygens (including phenoxy) is 1. The maximum atomic E-state index is 12.5. The smallest absolute Gasteiger partial charge is 0.398 e. The van der Waals surface area contributed by atoms with Crippen molar-refractivity contribution in [3.63, 3.8) is 0 Å². The molecule has 1 aromatic rings. The van der Waals surface area contributed by atoms with Gasteiger partial charge in [0.1, 0.15) is 0 Å². The highest BCUT2D eigenvalue weighted by molar-refractivity contribution is 7.99. The Hall–Kier alpha value is -0.920. The topological polar surface area (TPSA) is 55.5 Å². The van der Waals surface area contributed by atoms with Crippen LogP contribution in [0.5, 0.6) is 0 Å². The van der Waals surface area contributed by atoms with Gasteiger partial charge in [0.25, 0.3) is 0 Å². The van der Waals surface area contributed by atoms with Crippen LogP contribution in [0.1, 0.15) is 19.4 Å². The summed E-state index contributed by atoms with van der Waals surface area (Å²) in [5.41, 5.74) is 4.88. The van der Waals surface area contributed by atoms with Gasteiger partial charge in [0.05, 0.1) is 24.4 Å². The highest BCUT2D eigenvalue weighted by Gasteiger charge is 2.30. The molecule has 1 rings (SSSR count). The Balaban J connectivity index is 2.57. The van der Waals surface area contributed by atoms with Crippen LogP contribution in [0.3, 0.4) is 0 Å². The summed E-state index contributed by atoms with van der Waals surface area (Å²) in [5.74, 6) is 0.308. The molecular formula is C13H18F3NO2S. The molecule has 0 heterocycles. The number of anilines is 1. The van der Waals surface area contributed by atoms with Crippen molar-refractivity contribution in [1.29, 1.82) is 0 Å². The van der Waals surface area contributed by atoms with E-state index in [-0.39, 0.29) is 18.4 Å². The Morgan fingerprint density at radius 3 is 2.50 bits per heavy atom. The molecule has 20 heavy (non-hydrogen) atoms. The molecule has 0 saturated carbocycles. The fourth-order valence-electron chi connectivity index (χ4n) is 1.39. The summed E-state index contributed by atoms with van der Waals surface area (Å²) in [7, 11) is 0. The first-order valence-electron chi connectivity index (χ1n) is 6.09. The SMILES string of the molecule is CC(C)OCC(O)CSc1ccc(C(F)(F)F)cc1N. The molecule has 0 aromatic heterocycles. The fourth-order valence-corrected chi connectivity index (χ4v) is 2.25. The summed E-state index contributed by atoms with van der Waals surface area (Å²) in [6, 6.07) is 3.20. The first-order valence-corrected chi connectivity index (χ1v) is 7.08. The van der Waals surface area contributed by atoms with Crippen LogP contribution < -0.4 is 5.73 Å². The van der Waals surface area contributed by atoms with E-state index in [9.17, 15) is 18.3 Å². The Morgan fingerprint density at radius 1 is 1.35 bits per heavy atom. The van der Waals surface area contributed by atoms with E-state index in [1.54, 1.807) is 0 Å². The van der Waals surface area contributed by atoms with Crippen molar-refractivity contribution in [2.75, 3.05) is 18.1 Å². The van der Waals surface area contributed by atoms with E-state index < -0.39 is 17.8 Å². The average molecular weight is 309 g/mol. The molecule has 0 saturated heterocycles. The van der Waals surface area contributed by atoms with E-state index in [2.05, 4.69) is 0 Å². The first-order chi connectivity index (χ1) is 9.20. The minimum atomic E-state index is -4.40. The summed E-state index contributed by atoms with van der Waals surface area (Å²) < 4.78 is 42.7. The molecule has 0 fully saturated rings. The number of alkyl halides is 3. The van der Waals surface area contributed by atoms with E-state index in [1.807, 2.05) is 13.8 Å². The molecule has 1 unspecified atom stereocenters. The van der Waals surface area contributed by atoms with Crippen LogP contribution >= 0.6 is 11.8 Å². The summed E-state index contributed by atoms with van der Waals surface area (Å²) in [5, 5.41) is 9.67. The molecule has 1 atom stereocenters. The van der Waals surface area contributed by atoms with Crippen molar-refractivity contribution in [2.24, 2.45) is 0 Å². The first kappa shape index (κ1) is 17.1. The van der Waals surface area contributed by atoms with Crippen LogP contribution in [-0.4, -0.2) is 29.7 Å². The van der Waals surface area contributed by atoms with Gasteiger partial charge in [-0.2, -0.15) is 13.2 Å². The lowest BCUT2D eigenvalue weighted by Gasteiger charge is -2.14. The van der Waals surface area contributed by atoms with Gasteiger partial charge in [0, 0.05) is 16.3 Å². The predicted octanol–water partition coefficient (Wildman–Crippen LogP) is 3.17. The van der Waals surface area contributed by atoms with Crippen molar-refractivity contribution < 1.29 is 23.0 Å². The number of hydrogen-bond donors (Lipinski definition) is 2. The Kier molecular flexibility index (Phi) is 6.16. The van der Waals surface area contributed by atoms with E-state index in [0.717, 1.165) is 12.1 Å². The van der Waals surface area contributed by atoms with Crippen molar-refractivity contribution in [1.82, 2.24) is 0 Å². The van der Waals surface area contributed by atoms with Crippen LogP contribution in [-0.2, 0) is 10.9 Å². The molecule has 0 bridgehead atoms. The molecule has 0 radical (unpaired) electrons. The molecule has 1 aromatic carbocycles. The fraction of sp³-hybridized carbons (Fsp3) is 0.538. The number of aliphatic hydroxyl groups excluding tert-OH is 1. The van der Waals surface area contributed by atoms with E-state index >= 15 is 0 Å². The highest BCUT2D eigenvalue weighted by atomic mass is 32.2. The zero-order valence-corrected chi connectivity index (χ0v) is 12.1. The van der Waals surface area contributed by atoms with Gasteiger partial charge in [0.15, 0.2) is 0 Å². The van der Waals surface area contributed by atoms with E-state index in [4.69, 9.17) is 10.5 Å². The lowest BCUT2D eigenvalue weighted by atomic mass is 10.2. The van der Waals surface area contributed by atoms with Crippen molar-refractivity contribution >= 4 is 17.4 Å². The van der Waals surface area contributed by atoms with Crippen LogP contribution in [0, 0.1) is 0 Å². The summed E-state index contributed by atoms with van der Waals surface area (Å²) in [6.45, 7) is 3.90. The average Bonchev–Trinajstić information content (AvgIpc) is 2.33. The minimum Gasteiger partial charge on any atom is -0.398 e. The molecule has 0 spiro atoms. The van der Waals surface area contributed by atoms with Gasteiger partial charge in [-0.1, -0.05) is 0 Å². The number of rotatable bonds is 6. The Labute approximate surface area is 120 Å². The molecule has 114 valence electrons. The van der Waals surface area contributed by atoms with Crippen LogP contribution in [0.2, 0.25) is 0 Å². The number of nitrogen functional groups attached to an aromatic ring is 1. The van der Waals surface area contributed by atoms with Gasteiger partial charge < -0.3 is 15.6 Å². The number of thioether (sulfide) groups is 1. The number of halogens is 3. The zero-order chi connectivity index (χ0) is 15.3. The minimum absolute atomic E-state index is 0.0192. The molecule has 3 N–H and O–H groups in total. The van der Waals surface area contributed by atoms with Gasteiger partial charge in [0.2, 0.25) is 0 Å². The molecule has 0 aliphatic rings. The van der Waals surface area contributed by atoms with E-state index in [1.165, 1.54) is 17.8 Å². The summed E-state index contributed by atoms with van der Waals surface area (Å²) >= 11 is 1.20. The van der Waals surface area contributed by atoms with Crippen LogP contribution in [0.15, 0.2) is 23.1 Å². The molecular weight excluding hydrogens is 291 g/mol. The Morgan fingerprint density at radius 2 is 2.00 bits per heavy atom. The summed E-state index contributed by atoms with van der Waals surface area (Å²) in [4.78, 5) is 0.515. The lowest BCUT2D eigenvalue weighted by Crippen LogP contribution is -2.20. The van der Waals surface area contributed by atoms with Crippen molar-refractivity contribution in [3.05, 3.63) is 23.8 Å². The largest absolute Gasteiger partial charge is 0.416 e. The second-order valence-electron chi connectivity index (χ2n) is 4.60. The lowest BCUT2D eigenvalue weighted by molar-refractivity contribution is -0.137. The molecule has 0 aliphatic heterocycles. The third kappa shape index (κ3) is 5.60. The standard InChI is InChI=1S/C13H18F3NO2S/c1-8(2)19-6-10(18)7-20-12-4-3-9(5-11(12)17)13(14,15)16/h3-5,8,10,18H,6-7,17H2,1-2H3. The second-order valence-corrected chi connectivity index (χ2v) is 5.66. The van der Waals surface area contributed by atoms with Gasteiger partial charge in [-0.05, 0) is 32.0 Å². The van der Waals surface area contributed by atoms with Gasteiger partial charge in [-0.3, -0.25) is 0 Å². The molecule has 0 amide bonds. The predicted molar refractivity (Wildman–Crippen MR) is 73.7 cm³/mol. The van der Waals surface area contributed by atoms with Gasteiger partial charge >= 0.3 is 6.18 Å².